The minimum absolute atomic E-state index is 0.00800. The second kappa shape index (κ2) is 6.12. The number of nitrogens with zero attached hydrogens (tertiary/aromatic N) is 1. The van der Waals surface area contributed by atoms with Gasteiger partial charge < -0.3 is 19.0 Å². The van der Waals surface area contributed by atoms with E-state index in [1.165, 1.54) is 6.07 Å². The molecule has 1 saturated heterocycles. The number of likely N-dealkylation sites (tertiary alicyclic amines) is 1. The van der Waals surface area contributed by atoms with E-state index in [0.29, 0.717) is 30.2 Å². The highest BCUT2D eigenvalue weighted by Crippen LogP contribution is 2.21. The fourth-order valence-corrected chi connectivity index (χ4v) is 3.21. The number of amides is 1. The Hall–Kier alpha value is -3.02. The van der Waals surface area contributed by atoms with Gasteiger partial charge in [0.1, 0.15) is 17.6 Å². The molecule has 2 aromatic heterocycles. The summed E-state index contributed by atoms with van der Waals surface area (Å²) >= 11 is 0. The van der Waals surface area contributed by atoms with Crippen molar-refractivity contribution in [2.45, 2.75) is 19.4 Å². The zero-order valence-corrected chi connectivity index (χ0v) is 13.8. The molecular formula is C19H18N2O4. The molecule has 6 nitrogen and oxygen atoms in total. The fourth-order valence-electron chi connectivity index (χ4n) is 3.21. The molecule has 0 bridgehead atoms. The average molecular weight is 338 g/mol. The second-order valence-electron chi connectivity index (χ2n) is 6.28. The van der Waals surface area contributed by atoms with Crippen molar-refractivity contribution in [2.75, 3.05) is 13.1 Å². The van der Waals surface area contributed by atoms with E-state index in [1.807, 2.05) is 30.5 Å². The standard InChI is InChI=1S/C19H18N2O4/c1-12-8-16(10-18(22)24-12)25-15-5-7-21(11-15)19(23)14-3-2-13-4-6-20-17(13)9-14/h2-4,6,8-10,15,20H,5,7,11H2,1H3. The van der Waals surface area contributed by atoms with Gasteiger partial charge in [-0.2, -0.15) is 0 Å². The van der Waals surface area contributed by atoms with Crippen LogP contribution in [0.5, 0.6) is 5.75 Å². The van der Waals surface area contributed by atoms with Gasteiger partial charge in [-0.25, -0.2) is 4.79 Å². The highest BCUT2D eigenvalue weighted by molar-refractivity contribution is 5.98. The van der Waals surface area contributed by atoms with Gasteiger partial charge in [0.05, 0.1) is 12.6 Å². The van der Waals surface area contributed by atoms with Gasteiger partial charge in [-0.05, 0) is 30.5 Å². The molecule has 1 aromatic carbocycles. The number of hydrogen-bond donors (Lipinski definition) is 1. The zero-order valence-electron chi connectivity index (χ0n) is 13.8. The molecule has 1 fully saturated rings. The number of H-pyrrole nitrogens is 1. The molecule has 1 aliphatic rings. The van der Waals surface area contributed by atoms with Gasteiger partial charge >= 0.3 is 5.63 Å². The van der Waals surface area contributed by atoms with Gasteiger partial charge in [0.25, 0.3) is 5.91 Å². The predicted molar refractivity (Wildman–Crippen MR) is 93.0 cm³/mol. The summed E-state index contributed by atoms with van der Waals surface area (Å²) < 4.78 is 10.8. The number of aromatic nitrogens is 1. The van der Waals surface area contributed by atoms with E-state index in [0.717, 1.165) is 17.3 Å². The third kappa shape index (κ3) is 3.15. The first-order chi connectivity index (χ1) is 12.1. The summed E-state index contributed by atoms with van der Waals surface area (Å²) in [6.07, 6.45) is 2.46. The van der Waals surface area contributed by atoms with Crippen LogP contribution in [0.15, 0.2) is 51.8 Å². The molecule has 4 rings (SSSR count). The number of hydrogen-bond acceptors (Lipinski definition) is 4. The lowest BCUT2D eigenvalue weighted by Gasteiger charge is -2.17. The number of rotatable bonds is 3. The smallest absolute Gasteiger partial charge is 0.339 e. The van der Waals surface area contributed by atoms with Crippen LogP contribution in [0.25, 0.3) is 10.9 Å². The summed E-state index contributed by atoms with van der Waals surface area (Å²) in [6, 6.07) is 10.6. The number of benzene rings is 1. The monoisotopic (exact) mass is 338 g/mol. The lowest BCUT2D eigenvalue weighted by atomic mass is 10.1. The van der Waals surface area contributed by atoms with Gasteiger partial charge in [0.2, 0.25) is 0 Å². The molecule has 0 saturated carbocycles. The molecule has 0 radical (unpaired) electrons. The van der Waals surface area contributed by atoms with E-state index in [9.17, 15) is 9.59 Å². The van der Waals surface area contributed by atoms with Gasteiger partial charge in [0.15, 0.2) is 0 Å². The minimum Gasteiger partial charge on any atom is -0.488 e. The Bertz CT molecular complexity index is 988. The number of fused-ring (bicyclic) bond motifs is 1. The average Bonchev–Trinajstić information content (AvgIpc) is 3.21. The largest absolute Gasteiger partial charge is 0.488 e. The molecule has 6 heteroatoms. The van der Waals surface area contributed by atoms with Crippen molar-refractivity contribution in [3.63, 3.8) is 0 Å². The molecule has 1 N–H and O–H groups in total. The van der Waals surface area contributed by atoms with E-state index in [-0.39, 0.29) is 12.0 Å². The molecular weight excluding hydrogens is 320 g/mol. The lowest BCUT2D eigenvalue weighted by molar-refractivity contribution is 0.0772. The number of carbonyl (C=O) groups is 1. The van der Waals surface area contributed by atoms with Crippen LogP contribution in [-0.4, -0.2) is 35.0 Å². The van der Waals surface area contributed by atoms with Crippen LogP contribution in [0.3, 0.4) is 0 Å². The highest BCUT2D eigenvalue weighted by Gasteiger charge is 2.28. The molecule has 25 heavy (non-hydrogen) atoms. The Balaban J connectivity index is 1.46. The van der Waals surface area contributed by atoms with Gasteiger partial charge in [-0.15, -0.1) is 0 Å². The van der Waals surface area contributed by atoms with Crippen molar-refractivity contribution in [3.8, 4) is 5.75 Å². The third-order valence-corrected chi connectivity index (χ3v) is 4.40. The SMILES string of the molecule is Cc1cc(OC2CCN(C(=O)c3ccc4cc[nH]c4c3)C2)cc(=O)o1. The number of nitrogens with one attached hydrogen (secondary N) is 1. The summed E-state index contributed by atoms with van der Waals surface area (Å²) in [5, 5.41) is 1.08. The first-order valence-electron chi connectivity index (χ1n) is 8.23. The van der Waals surface area contributed by atoms with E-state index < -0.39 is 5.63 Å². The van der Waals surface area contributed by atoms with Crippen molar-refractivity contribution < 1.29 is 13.9 Å². The summed E-state index contributed by atoms with van der Waals surface area (Å²) in [5.74, 6) is 0.986. The quantitative estimate of drug-likeness (QED) is 0.797. The van der Waals surface area contributed by atoms with Crippen LogP contribution in [0.2, 0.25) is 0 Å². The summed E-state index contributed by atoms with van der Waals surface area (Å²) in [5.41, 5.74) is 1.18. The molecule has 0 spiro atoms. The Morgan fingerprint density at radius 3 is 3.00 bits per heavy atom. The van der Waals surface area contributed by atoms with Crippen molar-refractivity contribution in [2.24, 2.45) is 0 Å². The first kappa shape index (κ1) is 15.5. The Morgan fingerprint density at radius 2 is 2.16 bits per heavy atom. The highest BCUT2D eigenvalue weighted by atomic mass is 16.5. The molecule has 3 aromatic rings. The maximum atomic E-state index is 12.7. The van der Waals surface area contributed by atoms with Crippen LogP contribution >= 0.6 is 0 Å². The number of ether oxygens (including phenoxy) is 1. The summed E-state index contributed by atoms with van der Waals surface area (Å²) in [6.45, 7) is 2.84. The number of aryl methyl sites for hydroxylation is 1. The van der Waals surface area contributed by atoms with Gasteiger partial charge in [0, 0.05) is 36.3 Å². The van der Waals surface area contributed by atoms with E-state index in [4.69, 9.17) is 9.15 Å². The maximum Gasteiger partial charge on any atom is 0.339 e. The predicted octanol–water partition coefficient (Wildman–Crippen LogP) is 2.72. The molecule has 1 unspecified atom stereocenters. The minimum atomic E-state index is -0.430. The van der Waals surface area contributed by atoms with Crippen molar-refractivity contribution in [1.82, 2.24) is 9.88 Å². The Labute approximate surface area is 144 Å². The summed E-state index contributed by atoms with van der Waals surface area (Å²) in [7, 11) is 0. The summed E-state index contributed by atoms with van der Waals surface area (Å²) in [4.78, 5) is 29.0. The van der Waals surface area contributed by atoms with Gasteiger partial charge in [-0.1, -0.05) is 6.07 Å². The molecule has 1 aliphatic heterocycles. The number of aromatic amines is 1. The van der Waals surface area contributed by atoms with Crippen molar-refractivity contribution in [3.05, 3.63) is 64.3 Å². The van der Waals surface area contributed by atoms with Gasteiger partial charge in [-0.3, -0.25) is 4.79 Å². The van der Waals surface area contributed by atoms with Crippen molar-refractivity contribution >= 4 is 16.8 Å². The van der Waals surface area contributed by atoms with Crippen molar-refractivity contribution in [1.29, 1.82) is 0 Å². The number of carbonyl (C=O) groups excluding carboxylic acids is 1. The van der Waals surface area contributed by atoms with Crippen LogP contribution in [0, 0.1) is 6.92 Å². The van der Waals surface area contributed by atoms with Crippen LogP contribution in [-0.2, 0) is 0 Å². The van der Waals surface area contributed by atoms with Crippen LogP contribution in [0.1, 0.15) is 22.5 Å². The first-order valence-corrected chi connectivity index (χ1v) is 8.23. The zero-order chi connectivity index (χ0) is 17.4. The molecule has 0 aliphatic carbocycles. The molecule has 128 valence electrons. The fraction of sp³-hybridized carbons (Fsp3) is 0.263. The van der Waals surface area contributed by atoms with E-state index >= 15 is 0 Å². The normalized spacial score (nSPS) is 17.2. The topological polar surface area (TPSA) is 75.5 Å². The van der Waals surface area contributed by atoms with E-state index in [2.05, 4.69) is 4.98 Å². The third-order valence-electron chi connectivity index (χ3n) is 4.40. The molecule has 1 amide bonds. The van der Waals surface area contributed by atoms with Crippen LogP contribution < -0.4 is 10.4 Å². The van der Waals surface area contributed by atoms with Crippen LogP contribution in [0.4, 0.5) is 0 Å². The second-order valence-corrected chi connectivity index (χ2v) is 6.28. The Morgan fingerprint density at radius 1 is 1.28 bits per heavy atom. The lowest BCUT2D eigenvalue weighted by Crippen LogP contribution is -2.31. The van der Waals surface area contributed by atoms with E-state index in [1.54, 1.807) is 17.9 Å². The molecule has 1 atom stereocenters. The molecule has 3 heterocycles. The Kier molecular flexibility index (Phi) is 3.80. The maximum absolute atomic E-state index is 12.7.